The average Bonchev–Trinajstić information content (AvgIpc) is 3.69. The number of amides is 5. The lowest BCUT2D eigenvalue weighted by atomic mass is 10.0. The molecule has 0 N–H and O–H groups in total. The predicted octanol–water partition coefficient (Wildman–Crippen LogP) is 1.75. The molecule has 0 unspecified atom stereocenters. The van der Waals surface area contributed by atoms with Crippen LogP contribution in [0.1, 0.15) is 26.3 Å². The quantitative estimate of drug-likeness (QED) is 0.118. The van der Waals surface area contributed by atoms with Crippen molar-refractivity contribution in [1.82, 2.24) is 19.7 Å². The molecule has 2 aromatic carbocycles. The van der Waals surface area contributed by atoms with Crippen LogP contribution in [0.2, 0.25) is 0 Å². The molecular formula is C37H42N6O12S. The van der Waals surface area contributed by atoms with Gasteiger partial charge in [0.1, 0.15) is 18.8 Å². The Morgan fingerprint density at radius 3 is 1.88 bits per heavy atom. The highest BCUT2D eigenvalue weighted by atomic mass is 32.1. The first-order valence-corrected chi connectivity index (χ1v) is 18.4. The molecule has 298 valence electrons. The van der Waals surface area contributed by atoms with E-state index in [1.807, 2.05) is 0 Å². The van der Waals surface area contributed by atoms with Crippen molar-refractivity contribution in [2.45, 2.75) is 51.4 Å². The maximum absolute atomic E-state index is 15.3. The number of thiocarbonyl (C=S) groups is 1. The third-order valence-electron chi connectivity index (χ3n) is 9.28. The number of ether oxygens (including phenoxy) is 6. The topological polar surface area (TPSA) is 186 Å². The summed E-state index contributed by atoms with van der Waals surface area (Å²) in [7, 11) is 0. The summed E-state index contributed by atoms with van der Waals surface area (Å²) in [5, 5.41) is 5.15. The number of morpholine rings is 2. The molecule has 0 bridgehead atoms. The van der Waals surface area contributed by atoms with Crippen molar-refractivity contribution in [3.05, 3.63) is 66.2 Å². The van der Waals surface area contributed by atoms with Crippen LogP contribution >= 0.6 is 12.2 Å². The summed E-state index contributed by atoms with van der Waals surface area (Å²) in [6, 6.07) is 14.2. The Morgan fingerprint density at radius 2 is 1.36 bits per heavy atom. The van der Waals surface area contributed by atoms with Gasteiger partial charge in [-0.3, -0.25) is 29.0 Å². The van der Waals surface area contributed by atoms with Crippen LogP contribution in [0.5, 0.6) is 0 Å². The minimum absolute atomic E-state index is 0.0787. The second kappa shape index (κ2) is 18.0. The zero-order chi connectivity index (χ0) is 39.9. The maximum atomic E-state index is 15.3. The monoisotopic (exact) mass is 794 g/mol. The Kier molecular flexibility index (Phi) is 12.9. The fourth-order valence-electron chi connectivity index (χ4n) is 6.80. The molecule has 4 heterocycles. The number of carbonyl (C=O) groups excluding carboxylic acids is 6. The van der Waals surface area contributed by atoms with E-state index < -0.39 is 73.1 Å². The Hall–Kier alpha value is -5.50. The Labute approximate surface area is 327 Å². The number of hydrogen-bond acceptors (Lipinski definition) is 14. The van der Waals surface area contributed by atoms with Crippen LogP contribution in [0.4, 0.5) is 15.3 Å². The van der Waals surface area contributed by atoms with Gasteiger partial charge in [-0.25, -0.2) is 9.59 Å². The highest BCUT2D eigenvalue weighted by Gasteiger charge is 2.62. The van der Waals surface area contributed by atoms with Crippen molar-refractivity contribution < 1.29 is 57.2 Å². The molecule has 0 spiro atoms. The van der Waals surface area contributed by atoms with E-state index in [2.05, 4.69) is 5.10 Å². The fourth-order valence-corrected chi connectivity index (χ4v) is 7.21. The highest BCUT2D eigenvalue weighted by Crippen LogP contribution is 2.41. The van der Waals surface area contributed by atoms with Crippen molar-refractivity contribution in [3.8, 4) is 0 Å². The van der Waals surface area contributed by atoms with Crippen LogP contribution in [0.3, 0.4) is 0 Å². The Morgan fingerprint density at radius 1 is 0.804 bits per heavy atom. The molecule has 18 nitrogen and oxygen atoms in total. The van der Waals surface area contributed by atoms with E-state index in [-0.39, 0.29) is 69.0 Å². The Balaban J connectivity index is 1.49. The molecule has 0 aliphatic carbocycles. The fraction of sp³-hybridized carbons (Fsp3) is 0.459. The van der Waals surface area contributed by atoms with Gasteiger partial charge in [-0.05, 0) is 24.4 Å². The first-order valence-electron chi connectivity index (χ1n) is 18.0. The Bertz CT molecular complexity index is 1810. The zero-order valence-electron chi connectivity index (χ0n) is 31.0. The molecule has 5 atom stereocenters. The lowest BCUT2D eigenvalue weighted by molar-refractivity contribution is -0.175. The molecule has 4 aliphatic rings. The van der Waals surface area contributed by atoms with Gasteiger partial charge in [0.25, 0.3) is 5.91 Å². The van der Waals surface area contributed by atoms with E-state index in [0.29, 0.717) is 10.7 Å². The molecule has 5 amide bonds. The summed E-state index contributed by atoms with van der Waals surface area (Å²) in [5.41, 5.74) is 0.391. The van der Waals surface area contributed by atoms with Gasteiger partial charge >= 0.3 is 30.0 Å². The lowest BCUT2D eigenvalue weighted by Crippen LogP contribution is -2.55. The standard InChI is InChI=1S/C37H42N6O12S/c1-23(44)52-22-28(53-24(2)45)31-32(54-25(3)46)30-34(55-31)41(27-12-8-5-9-13-27)37(56)42(30)33(47)29(26-10-6-4-7-11-26)38-43(35(48)39-14-18-50-19-15-39)36(49)40-16-20-51-21-17-40/h4-13,28,30-32,34H,14-22H2,1-3H3/b38-29+/t28-,30-,31-,32-,34+/m1/s1. The second-order valence-electron chi connectivity index (χ2n) is 13.1. The lowest BCUT2D eigenvalue weighted by Gasteiger charge is -2.34. The summed E-state index contributed by atoms with van der Waals surface area (Å²) >= 11 is 6.00. The third kappa shape index (κ3) is 8.80. The molecular weight excluding hydrogens is 753 g/mol. The molecule has 0 saturated carbocycles. The molecule has 19 heteroatoms. The van der Waals surface area contributed by atoms with Crippen LogP contribution in [0.25, 0.3) is 0 Å². The van der Waals surface area contributed by atoms with E-state index in [9.17, 15) is 24.0 Å². The number of nitrogens with zero attached hydrogens (tertiary/aromatic N) is 6. The van der Waals surface area contributed by atoms with Gasteiger partial charge in [-0.1, -0.05) is 48.5 Å². The van der Waals surface area contributed by atoms with Gasteiger partial charge in [0.05, 0.1) is 26.4 Å². The van der Waals surface area contributed by atoms with Gasteiger partial charge in [-0.15, -0.1) is 5.01 Å². The molecule has 4 aliphatic heterocycles. The van der Waals surface area contributed by atoms with Crippen molar-refractivity contribution in [1.29, 1.82) is 0 Å². The van der Waals surface area contributed by atoms with Crippen molar-refractivity contribution in [2.24, 2.45) is 5.10 Å². The summed E-state index contributed by atoms with van der Waals surface area (Å²) in [6.07, 6.45) is -5.06. The normalized spacial score (nSPS) is 22.9. The number of anilines is 1. The number of rotatable bonds is 9. The third-order valence-corrected chi connectivity index (χ3v) is 9.67. The van der Waals surface area contributed by atoms with Crippen molar-refractivity contribution in [3.63, 3.8) is 0 Å². The van der Waals surface area contributed by atoms with Crippen molar-refractivity contribution >= 4 is 64.6 Å². The summed E-state index contributed by atoms with van der Waals surface area (Å²) in [5.74, 6) is -3.03. The van der Waals surface area contributed by atoms with Gasteiger partial charge in [0.2, 0.25) is 0 Å². The number of benzene rings is 2. The number of hydrazone groups is 1. The van der Waals surface area contributed by atoms with E-state index in [4.69, 9.17) is 40.6 Å². The van der Waals surface area contributed by atoms with E-state index in [0.717, 1.165) is 13.8 Å². The maximum Gasteiger partial charge on any atom is 0.349 e. The van der Waals surface area contributed by atoms with E-state index >= 15 is 4.79 Å². The number of hydrogen-bond donors (Lipinski definition) is 0. The van der Waals surface area contributed by atoms with Gasteiger partial charge < -0.3 is 38.2 Å². The molecule has 4 fully saturated rings. The van der Waals surface area contributed by atoms with Gasteiger partial charge in [-0.2, -0.15) is 5.10 Å². The van der Waals surface area contributed by atoms with Gasteiger partial charge in [0.15, 0.2) is 29.3 Å². The molecule has 0 aromatic heterocycles. The summed E-state index contributed by atoms with van der Waals surface area (Å²) in [6.45, 7) is 4.73. The van der Waals surface area contributed by atoms with E-state index in [1.165, 1.54) is 21.6 Å². The molecule has 6 rings (SSSR count). The van der Waals surface area contributed by atoms with Gasteiger partial charge in [0, 0.05) is 58.2 Å². The summed E-state index contributed by atoms with van der Waals surface area (Å²) in [4.78, 5) is 86.1. The smallest absolute Gasteiger partial charge is 0.349 e. The molecule has 2 aromatic rings. The van der Waals surface area contributed by atoms with Crippen LogP contribution < -0.4 is 4.90 Å². The first kappa shape index (κ1) is 40.2. The molecule has 4 saturated heterocycles. The van der Waals surface area contributed by atoms with E-state index in [1.54, 1.807) is 65.6 Å². The minimum atomic E-state index is -1.36. The summed E-state index contributed by atoms with van der Waals surface area (Å²) < 4.78 is 34.0. The SMILES string of the molecule is CC(=O)OC[C@@H](OC(C)=O)[C@H]1O[C@H]2[C@@H]([C@H]1OC(C)=O)N(C(=O)/C(=N/N(C(=O)N1CCOCC1)C(=O)N1CCOCC1)c1ccccc1)C(=S)N2c1ccccc1. The predicted molar refractivity (Wildman–Crippen MR) is 199 cm³/mol. The van der Waals surface area contributed by atoms with Crippen LogP contribution in [-0.2, 0) is 47.6 Å². The number of para-hydroxylation sites is 1. The molecule has 0 radical (unpaired) electrons. The first-order chi connectivity index (χ1) is 27.0. The second-order valence-corrected chi connectivity index (χ2v) is 13.4. The minimum Gasteiger partial charge on any atom is -0.462 e. The average molecular weight is 795 g/mol. The largest absolute Gasteiger partial charge is 0.462 e. The number of fused-ring (bicyclic) bond motifs is 1. The zero-order valence-corrected chi connectivity index (χ0v) is 31.8. The highest BCUT2D eigenvalue weighted by molar-refractivity contribution is 7.80. The number of urea groups is 2. The number of carbonyl (C=O) groups is 6. The number of esters is 3. The molecule has 56 heavy (non-hydrogen) atoms. The van der Waals surface area contributed by atoms with Crippen LogP contribution in [-0.4, -0.2) is 156 Å². The van der Waals surface area contributed by atoms with Crippen LogP contribution in [0, 0.1) is 0 Å². The van der Waals surface area contributed by atoms with Crippen LogP contribution in [0.15, 0.2) is 65.8 Å². The van der Waals surface area contributed by atoms with Crippen molar-refractivity contribution in [2.75, 3.05) is 64.1 Å². The number of imide groups is 1.